The lowest BCUT2D eigenvalue weighted by Gasteiger charge is -2.36. The average Bonchev–Trinajstić information content (AvgIpc) is 2.86. The molecule has 1 aromatic carbocycles. The van der Waals surface area contributed by atoms with E-state index >= 15 is 0 Å². The first-order chi connectivity index (χ1) is 12.0. The van der Waals surface area contributed by atoms with Crippen LogP contribution in [0, 0.1) is 13.8 Å². The van der Waals surface area contributed by atoms with Crippen molar-refractivity contribution in [3.8, 4) is 0 Å². The molecule has 1 saturated heterocycles. The number of aliphatic imine (C=N–C) groups is 1. The quantitative estimate of drug-likeness (QED) is 0.410. The molecule has 0 radical (unpaired) electrons. The fourth-order valence-electron chi connectivity index (χ4n) is 3.15. The van der Waals surface area contributed by atoms with Crippen LogP contribution in [0.1, 0.15) is 17.0 Å². The van der Waals surface area contributed by atoms with Gasteiger partial charge >= 0.3 is 0 Å². The summed E-state index contributed by atoms with van der Waals surface area (Å²) < 4.78 is 1.89. The van der Waals surface area contributed by atoms with Gasteiger partial charge < -0.3 is 15.5 Å². The van der Waals surface area contributed by atoms with Crippen LogP contribution < -0.4 is 10.6 Å². The Morgan fingerprint density at radius 3 is 2.31 bits per heavy atom. The Morgan fingerprint density at radius 1 is 1.15 bits per heavy atom. The first-order valence-corrected chi connectivity index (χ1v) is 8.88. The van der Waals surface area contributed by atoms with Gasteiger partial charge in [0, 0.05) is 55.2 Å². The van der Waals surface area contributed by atoms with Crippen LogP contribution in [0.2, 0.25) is 5.02 Å². The number of hydrogen-bond donors (Lipinski definition) is 1. The number of guanidine groups is 1. The van der Waals surface area contributed by atoms with E-state index in [-0.39, 0.29) is 24.0 Å². The number of nitrogens with two attached hydrogens (primary N) is 1. The minimum Gasteiger partial charge on any atom is -0.370 e. The third-order valence-electron chi connectivity index (χ3n) is 4.85. The molecular formula is C18H26ClIN6. The van der Waals surface area contributed by atoms with E-state index in [1.807, 2.05) is 30.8 Å². The number of nitrogens with zero attached hydrogens (tertiary/aromatic N) is 5. The molecule has 0 spiro atoms. The van der Waals surface area contributed by atoms with Gasteiger partial charge in [-0.25, -0.2) is 4.99 Å². The molecule has 3 rings (SSSR count). The van der Waals surface area contributed by atoms with Crippen molar-refractivity contribution in [3.05, 3.63) is 46.2 Å². The highest BCUT2D eigenvalue weighted by Gasteiger charge is 2.19. The summed E-state index contributed by atoms with van der Waals surface area (Å²) in [6, 6.07) is 7.97. The van der Waals surface area contributed by atoms with Gasteiger partial charge in [-0.3, -0.25) is 4.68 Å². The van der Waals surface area contributed by atoms with E-state index in [0.717, 1.165) is 48.2 Å². The van der Waals surface area contributed by atoms with Crippen molar-refractivity contribution in [1.29, 1.82) is 0 Å². The van der Waals surface area contributed by atoms with E-state index in [4.69, 9.17) is 17.3 Å². The molecule has 0 unspecified atom stereocenters. The van der Waals surface area contributed by atoms with Crippen LogP contribution in [0.25, 0.3) is 0 Å². The molecule has 1 aliphatic rings. The van der Waals surface area contributed by atoms with Crippen LogP contribution in [-0.2, 0) is 13.6 Å². The second kappa shape index (κ2) is 8.94. The Bertz CT molecular complexity index is 763. The zero-order chi connectivity index (χ0) is 18.0. The predicted octanol–water partition coefficient (Wildman–Crippen LogP) is 2.95. The van der Waals surface area contributed by atoms with E-state index in [9.17, 15) is 0 Å². The molecule has 0 amide bonds. The first kappa shape index (κ1) is 20.8. The molecule has 2 heterocycles. The Morgan fingerprint density at radius 2 is 1.77 bits per heavy atom. The van der Waals surface area contributed by atoms with Crippen molar-refractivity contribution in [1.82, 2.24) is 14.7 Å². The van der Waals surface area contributed by atoms with Gasteiger partial charge in [0.1, 0.15) is 0 Å². The molecule has 26 heavy (non-hydrogen) atoms. The number of anilines is 1. The van der Waals surface area contributed by atoms with Crippen LogP contribution >= 0.6 is 35.6 Å². The third-order valence-corrected chi connectivity index (χ3v) is 5.11. The standard InChI is InChI=1S/C18H25ClN6.HI/c1-13-17(14(2)23(3)22-13)12-21-18(20)25-10-8-24(9-11-25)16-6-4-15(19)5-7-16;/h4-7H,8-12H2,1-3H3,(H2,20,21);1H. The first-order valence-electron chi connectivity index (χ1n) is 8.50. The molecule has 6 nitrogen and oxygen atoms in total. The fraction of sp³-hybridized carbons (Fsp3) is 0.444. The molecule has 2 aromatic rings. The van der Waals surface area contributed by atoms with Crippen molar-refractivity contribution < 1.29 is 0 Å². The van der Waals surface area contributed by atoms with Crippen molar-refractivity contribution in [2.24, 2.45) is 17.8 Å². The van der Waals surface area contributed by atoms with Gasteiger partial charge in [-0.1, -0.05) is 11.6 Å². The number of aromatic nitrogens is 2. The van der Waals surface area contributed by atoms with Gasteiger partial charge in [0.05, 0.1) is 12.2 Å². The number of aryl methyl sites for hydroxylation is 2. The average molecular weight is 489 g/mol. The zero-order valence-electron chi connectivity index (χ0n) is 15.4. The topological polar surface area (TPSA) is 62.7 Å². The largest absolute Gasteiger partial charge is 0.370 e. The van der Waals surface area contributed by atoms with E-state index < -0.39 is 0 Å². The van der Waals surface area contributed by atoms with E-state index in [1.165, 1.54) is 5.69 Å². The van der Waals surface area contributed by atoms with Crippen molar-refractivity contribution in [3.63, 3.8) is 0 Å². The van der Waals surface area contributed by atoms with Crippen LogP contribution in [0.5, 0.6) is 0 Å². The van der Waals surface area contributed by atoms with Crippen LogP contribution in [-0.4, -0.2) is 46.8 Å². The molecule has 8 heteroatoms. The fourth-order valence-corrected chi connectivity index (χ4v) is 3.28. The SMILES string of the molecule is Cc1nn(C)c(C)c1CN=C(N)N1CCN(c2ccc(Cl)cc2)CC1.I. The van der Waals surface area contributed by atoms with Gasteiger partial charge in [0.2, 0.25) is 0 Å². The maximum Gasteiger partial charge on any atom is 0.191 e. The summed E-state index contributed by atoms with van der Waals surface area (Å²) in [6.45, 7) is 8.22. The number of hydrogen-bond acceptors (Lipinski definition) is 3. The Hall–Kier alpha value is -1.48. The summed E-state index contributed by atoms with van der Waals surface area (Å²) in [7, 11) is 1.95. The van der Waals surface area contributed by atoms with E-state index in [2.05, 4.69) is 38.9 Å². The van der Waals surface area contributed by atoms with Crippen LogP contribution in [0.4, 0.5) is 5.69 Å². The van der Waals surface area contributed by atoms with Gasteiger partial charge in [-0.2, -0.15) is 5.10 Å². The molecule has 1 aliphatic heterocycles. The summed E-state index contributed by atoms with van der Waals surface area (Å²) in [5.41, 5.74) is 10.7. The molecule has 0 aliphatic carbocycles. The summed E-state index contributed by atoms with van der Waals surface area (Å²) in [5.74, 6) is 0.610. The molecule has 142 valence electrons. The summed E-state index contributed by atoms with van der Waals surface area (Å²) in [6.07, 6.45) is 0. The van der Waals surface area contributed by atoms with Crippen molar-refractivity contribution in [2.45, 2.75) is 20.4 Å². The van der Waals surface area contributed by atoms with Gasteiger partial charge in [0.25, 0.3) is 0 Å². The lowest BCUT2D eigenvalue weighted by Crippen LogP contribution is -2.51. The number of benzene rings is 1. The minimum absolute atomic E-state index is 0. The molecule has 0 saturated carbocycles. The van der Waals surface area contributed by atoms with E-state index in [1.54, 1.807) is 0 Å². The second-order valence-electron chi connectivity index (χ2n) is 6.40. The van der Waals surface area contributed by atoms with Crippen molar-refractivity contribution >= 4 is 47.2 Å². The van der Waals surface area contributed by atoms with Crippen LogP contribution in [0.3, 0.4) is 0 Å². The normalized spacial score (nSPS) is 15.2. The number of halogens is 2. The molecular weight excluding hydrogens is 463 g/mol. The maximum absolute atomic E-state index is 6.22. The highest BCUT2D eigenvalue weighted by Crippen LogP contribution is 2.19. The van der Waals surface area contributed by atoms with Crippen LogP contribution in [0.15, 0.2) is 29.3 Å². The van der Waals surface area contributed by atoms with Crippen molar-refractivity contribution in [2.75, 3.05) is 31.1 Å². The summed E-state index contributed by atoms with van der Waals surface area (Å²) >= 11 is 5.96. The maximum atomic E-state index is 6.22. The lowest BCUT2D eigenvalue weighted by atomic mass is 10.2. The highest BCUT2D eigenvalue weighted by molar-refractivity contribution is 14.0. The number of rotatable bonds is 3. The molecule has 0 atom stereocenters. The smallest absolute Gasteiger partial charge is 0.191 e. The summed E-state index contributed by atoms with van der Waals surface area (Å²) in [4.78, 5) is 9.08. The third kappa shape index (κ3) is 4.62. The Balaban J connectivity index is 0.00000243. The highest BCUT2D eigenvalue weighted by atomic mass is 127. The van der Waals surface area contributed by atoms with E-state index in [0.29, 0.717) is 12.5 Å². The Labute approximate surface area is 177 Å². The monoisotopic (exact) mass is 488 g/mol. The van der Waals surface area contributed by atoms with Gasteiger partial charge in [-0.05, 0) is 38.1 Å². The Kier molecular flexibility index (Phi) is 7.16. The molecule has 1 aromatic heterocycles. The van der Waals surface area contributed by atoms with Gasteiger partial charge in [0.15, 0.2) is 5.96 Å². The summed E-state index contributed by atoms with van der Waals surface area (Å²) in [5, 5.41) is 5.19. The predicted molar refractivity (Wildman–Crippen MR) is 119 cm³/mol. The zero-order valence-corrected chi connectivity index (χ0v) is 18.5. The lowest BCUT2D eigenvalue weighted by molar-refractivity contribution is 0.380. The molecule has 1 fully saturated rings. The second-order valence-corrected chi connectivity index (χ2v) is 6.83. The van der Waals surface area contributed by atoms with Gasteiger partial charge in [-0.15, -0.1) is 24.0 Å². The number of piperazine rings is 1. The molecule has 2 N–H and O–H groups in total. The minimum atomic E-state index is 0. The molecule has 0 bridgehead atoms.